The Kier molecular flexibility index (Phi) is 6.01. The maximum Gasteiger partial charge on any atom is 0.441 e. The van der Waals surface area contributed by atoms with Gasteiger partial charge in [0, 0.05) is 23.6 Å². The number of nitrogens with one attached hydrogen (secondary N) is 1. The van der Waals surface area contributed by atoms with Crippen LogP contribution in [0.25, 0.3) is 0 Å². The third-order valence-electron chi connectivity index (χ3n) is 2.50. The molecule has 7 heteroatoms. The largest absolute Gasteiger partial charge is 0.441 e. The van der Waals surface area contributed by atoms with Gasteiger partial charge in [0.25, 0.3) is 0 Å². The van der Waals surface area contributed by atoms with E-state index in [1.165, 1.54) is 0 Å². The third kappa shape index (κ3) is 5.30. The highest BCUT2D eigenvalue weighted by molar-refractivity contribution is 8.00. The van der Waals surface area contributed by atoms with E-state index in [-0.39, 0.29) is 30.1 Å². The predicted octanol–water partition coefficient (Wildman–Crippen LogP) is 3.20. The molecule has 0 spiro atoms. The Morgan fingerprint density at radius 3 is 2.72 bits per heavy atom. The summed E-state index contributed by atoms with van der Waals surface area (Å²) in [5.41, 5.74) is -3.14. The number of aryl methyl sites for hydroxylation is 1. The van der Waals surface area contributed by atoms with E-state index in [4.69, 9.17) is 0 Å². The number of hydrogen-bond donors (Lipinski definition) is 1. The molecule has 1 aromatic rings. The number of halogens is 3. The second-order valence-corrected chi connectivity index (χ2v) is 5.01. The summed E-state index contributed by atoms with van der Waals surface area (Å²) in [6, 6.07) is 0.221. The molecule has 0 aliphatic heterocycles. The van der Waals surface area contributed by atoms with Gasteiger partial charge in [-0.2, -0.15) is 18.3 Å². The molecule has 18 heavy (non-hydrogen) atoms. The molecule has 1 N–H and O–H groups in total. The average Bonchev–Trinajstić information content (AvgIpc) is 2.72. The van der Waals surface area contributed by atoms with Crippen molar-refractivity contribution in [2.24, 2.45) is 0 Å². The van der Waals surface area contributed by atoms with Crippen LogP contribution in [0.5, 0.6) is 0 Å². The van der Waals surface area contributed by atoms with Crippen molar-refractivity contribution in [3.05, 3.63) is 18.0 Å². The fourth-order valence-electron chi connectivity index (χ4n) is 1.68. The molecule has 0 radical (unpaired) electrons. The molecule has 1 aromatic heterocycles. The topological polar surface area (TPSA) is 29.9 Å². The SMILES string of the molecule is CCNC(CC)c1cnn(CCSC(F)(F)F)c1. The van der Waals surface area contributed by atoms with Crippen LogP contribution in [0.3, 0.4) is 0 Å². The summed E-state index contributed by atoms with van der Waals surface area (Å²) in [6.45, 7) is 5.21. The molecule has 0 aromatic carbocycles. The number of thioether (sulfide) groups is 1. The zero-order valence-electron chi connectivity index (χ0n) is 10.5. The predicted molar refractivity (Wildman–Crippen MR) is 67.4 cm³/mol. The van der Waals surface area contributed by atoms with Crippen molar-refractivity contribution in [1.29, 1.82) is 0 Å². The van der Waals surface area contributed by atoms with Crippen molar-refractivity contribution >= 4 is 11.8 Å². The summed E-state index contributed by atoms with van der Waals surface area (Å²) in [5, 5.41) is 7.39. The fraction of sp³-hybridized carbons (Fsp3) is 0.727. The van der Waals surface area contributed by atoms with Gasteiger partial charge in [-0.15, -0.1) is 0 Å². The lowest BCUT2D eigenvalue weighted by molar-refractivity contribution is -0.0328. The fourth-order valence-corrected chi connectivity index (χ4v) is 2.19. The van der Waals surface area contributed by atoms with E-state index in [9.17, 15) is 13.2 Å². The quantitative estimate of drug-likeness (QED) is 0.832. The summed E-state index contributed by atoms with van der Waals surface area (Å²) in [5.74, 6) is -0.0113. The zero-order chi connectivity index (χ0) is 13.6. The molecule has 0 saturated carbocycles. The molecule has 0 bridgehead atoms. The summed E-state index contributed by atoms with van der Waals surface area (Å²) in [4.78, 5) is 0. The summed E-state index contributed by atoms with van der Waals surface area (Å²) < 4.78 is 37.5. The Morgan fingerprint density at radius 2 is 2.17 bits per heavy atom. The number of alkyl halides is 3. The van der Waals surface area contributed by atoms with Crippen molar-refractivity contribution in [1.82, 2.24) is 15.1 Å². The van der Waals surface area contributed by atoms with Gasteiger partial charge in [-0.25, -0.2) is 0 Å². The summed E-state index contributed by atoms with van der Waals surface area (Å²) in [6.07, 6.45) is 4.46. The summed E-state index contributed by atoms with van der Waals surface area (Å²) >= 11 is -0.0144. The number of rotatable bonds is 7. The maximum atomic E-state index is 12.0. The Hall–Kier alpha value is -0.690. The van der Waals surface area contributed by atoms with Crippen LogP contribution < -0.4 is 5.32 Å². The molecule has 1 atom stereocenters. The Labute approximate surface area is 109 Å². The van der Waals surface area contributed by atoms with E-state index in [0.29, 0.717) is 0 Å². The molecule has 3 nitrogen and oxygen atoms in total. The maximum absolute atomic E-state index is 12.0. The second-order valence-electron chi connectivity index (χ2n) is 3.85. The van der Waals surface area contributed by atoms with E-state index in [0.717, 1.165) is 18.5 Å². The van der Waals surface area contributed by atoms with Gasteiger partial charge in [-0.1, -0.05) is 13.8 Å². The molecule has 104 valence electrons. The second kappa shape index (κ2) is 7.04. The lowest BCUT2D eigenvalue weighted by atomic mass is 10.1. The van der Waals surface area contributed by atoms with E-state index < -0.39 is 5.51 Å². The van der Waals surface area contributed by atoms with Crippen LogP contribution in [0, 0.1) is 0 Å². The minimum absolute atomic E-state index is 0.0113. The van der Waals surface area contributed by atoms with Gasteiger partial charge in [0.2, 0.25) is 0 Å². The lowest BCUT2D eigenvalue weighted by Crippen LogP contribution is -2.19. The van der Waals surface area contributed by atoms with Crippen molar-refractivity contribution < 1.29 is 13.2 Å². The van der Waals surface area contributed by atoms with Crippen LogP contribution in [-0.4, -0.2) is 27.6 Å². The van der Waals surface area contributed by atoms with Crippen LogP contribution in [-0.2, 0) is 6.54 Å². The first-order chi connectivity index (χ1) is 8.46. The third-order valence-corrected chi connectivity index (χ3v) is 3.21. The van der Waals surface area contributed by atoms with E-state index in [2.05, 4.69) is 17.3 Å². The van der Waals surface area contributed by atoms with Gasteiger partial charge in [0.05, 0.1) is 12.7 Å². The van der Waals surface area contributed by atoms with Gasteiger partial charge in [-0.05, 0) is 24.7 Å². The van der Waals surface area contributed by atoms with Crippen LogP contribution >= 0.6 is 11.8 Å². The Bertz CT molecular complexity index is 352. The highest BCUT2D eigenvalue weighted by Crippen LogP contribution is 2.30. The van der Waals surface area contributed by atoms with E-state index in [1.807, 2.05) is 13.1 Å². The molecule has 1 heterocycles. The number of hydrogen-bond acceptors (Lipinski definition) is 3. The molecule has 0 saturated heterocycles. The molecule has 0 aliphatic rings. The first-order valence-electron chi connectivity index (χ1n) is 5.92. The van der Waals surface area contributed by atoms with Gasteiger partial charge in [0.15, 0.2) is 0 Å². The van der Waals surface area contributed by atoms with Gasteiger partial charge >= 0.3 is 5.51 Å². The molecule has 1 unspecified atom stereocenters. The Morgan fingerprint density at radius 1 is 1.44 bits per heavy atom. The minimum Gasteiger partial charge on any atom is -0.310 e. The minimum atomic E-state index is -4.16. The van der Waals surface area contributed by atoms with Crippen molar-refractivity contribution in [2.75, 3.05) is 12.3 Å². The lowest BCUT2D eigenvalue weighted by Gasteiger charge is -2.13. The first-order valence-corrected chi connectivity index (χ1v) is 6.91. The van der Waals surface area contributed by atoms with Gasteiger partial charge in [0.1, 0.15) is 0 Å². The van der Waals surface area contributed by atoms with E-state index >= 15 is 0 Å². The molecule has 0 aliphatic carbocycles. The van der Waals surface area contributed by atoms with Crippen molar-refractivity contribution in [2.45, 2.75) is 38.4 Å². The number of aromatic nitrogens is 2. The Balaban J connectivity index is 2.47. The molecule has 0 amide bonds. The smallest absolute Gasteiger partial charge is 0.310 e. The normalized spacial score (nSPS) is 13.8. The zero-order valence-corrected chi connectivity index (χ0v) is 11.3. The molecule has 0 fully saturated rings. The molecular formula is C11H18F3N3S. The first kappa shape index (κ1) is 15.4. The van der Waals surface area contributed by atoms with Crippen LogP contribution in [0.4, 0.5) is 13.2 Å². The standard InChI is InChI=1S/C11H18F3N3S/c1-3-10(15-4-2)9-7-16-17(8-9)5-6-18-11(12,13)14/h7-8,10,15H,3-6H2,1-2H3. The molecule has 1 rings (SSSR count). The van der Waals surface area contributed by atoms with Gasteiger partial charge in [-0.3, -0.25) is 4.68 Å². The average molecular weight is 281 g/mol. The van der Waals surface area contributed by atoms with Crippen LogP contribution in [0.15, 0.2) is 12.4 Å². The monoisotopic (exact) mass is 281 g/mol. The van der Waals surface area contributed by atoms with Crippen molar-refractivity contribution in [3.63, 3.8) is 0 Å². The highest BCUT2D eigenvalue weighted by Gasteiger charge is 2.27. The molecular weight excluding hydrogens is 263 g/mol. The highest BCUT2D eigenvalue weighted by atomic mass is 32.2. The van der Waals surface area contributed by atoms with Crippen molar-refractivity contribution in [3.8, 4) is 0 Å². The van der Waals surface area contributed by atoms with Gasteiger partial charge < -0.3 is 5.32 Å². The van der Waals surface area contributed by atoms with Crippen LogP contribution in [0.2, 0.25) is 0 Å². The van der Waals surface area contributed by atoms with Crippen LogP contribution in [0.1, 0.15) is 31.9 Å². The summed E-state index contributed by atoms with van der Waals surface area (Å²) in [7, 11) is 0. The van der Waals surface area contributed by atoms with E-state index in [1.54, 1.807) is 10.9 Å². The number of nitrogens with zero attached hydrogens (tertiary/aromatic N) is 2.